The third-order valence-electron chi connectivity index (χ3n) is 3.43. The summed E-state index contributed by atoms with van der Waals surface area (Å²) < 4.78 is 15.8. The Kier molecular flexibility index (Phi) is 4.96. The Morgan fingerprint density at radius 2 is 1.71 bits per heavy atom. The molecule has 0 aliphatic rings. The van der Waals surface area contributed by atoms with E-state index in [0.29, 0.717) is 24.9 Å². The first-order valence-electron chi connectivity index (χ1n) is 7.72. The fraction of sp³-hybridized carbons (Fsp3) is 0.222. The van der Waals surface area contributed by atoms with Gasteiger partial charge >= 0.3 is 0 Å². The molecule has 1 aromatic heterocycles. The first-order valence-corrected chi connectivity index (χ1v) is 7.72. The highest BCUT2D eigenvalue weighted by Crippen LogP contribution is 2.20. The van der Waals surface area contributed by atoms with Gasteiger partial charge in [-0.2, -0.15) is 4.98 Å². The normalized spacial score (nSPS) is 10.4. The highest BCUT2D eigenvalue weighted by Gasteiger charge is 2.08. The lowest BCUT2D eigenvalue weighted by atomic mass is 10.2. The summed E-state index contributed by atoms with van der Waals surface area (Å²) in [5.74, 6) is 2.72. The van der Waals surface area contributed by atoms with Crippen molar-refractivity contribution in [2.75, 3.05) is 19.0 Å². The van der Waals surface area contributed by atoms with E-state index in [4.69, 9.17) is 14.0 Å². The number of methoxy groups -OCH3 is 1. The molecular weight excluding hydrogens is 306 g/mol. The number of nitrogens with zero attached hydrogens (tertiary/aromatic N) is 2. The summed E-state index contributed by atoms with van der Waals surface area (Å²) in [6.07, 6.45) is 0. The zero-order valence-corrected chi connectivity index (χ0v) is 13.7. The third kappa shape index (κ3) is 3.84. The van der Waals surface area contributed by atoms with E-state index in [0.717, 1.165) is 22.7 Å². The summed E-state index contributed by atoms with van der Waals surface area (Å²) in [6, 6.07) is 15.3. The van der Waals surface area contributed by atoms with Crippen LogP contribution in [0.4, 0.5) is 5.69 Å². The molecule has 0 unspecified atom stereocenters. The summed E-state index contributed by atoms with van der Waals surface area (Å²) in [6.45, 7) is 3.07. The van der Waals surface area contributed by atoms with Crippen LogP contribution in [0.1, 0.15) is 12.8 Å². The highest BCUT2D eigenvalue weighted by atomic mass is 16.5. The molecule has 0 saturated heterocycles. The van der Waals surface area contributed by atoms with Crippen LogP contribution in [-0.2, 0) is 6.54 Å². The molecule has 0 radical (unpaired) electrons. The van der Waals surface area contributed by atoms with Gasteiger partial charge in [0, 0.05) is 11.3 Å². The predicted molar refractivity (Wildman–Crippen MR) is 91.2 cm³/mol. The van der Waals surface area contributed by atoms with Crippen molar-refractivity contribution in [1.82, 2.24) is 10.1 Å². The van der Waals surface area contributed by atoms with Gasteiger partial charge in [-0.1, -0.05) is 5.16 Å². The van der Waals surface area contributed by atoms with Crippen LogP contribution in [0.5, 0.6) is 11.5 Å². The number of nitrogens with one attached hydrogen (secondary N) is 1. The molecule has 0 spiro atoms. The smallest absolute Gasteiger partial charge is 0.246 e. The molecule has 6 nitrogen and oxygen atoms in total. The van der Waals surface area contributed by atoms with Crippen molar-refractivity contribution >= 4 is 5.69 Å². The SMILES string of the molecule is CCOc1ccc(NCc2nc(-c3ccc(OC)cc3)no2)cc1. The Balaban J connectivity index is 1.61. The van der Waals surface area contributed by atoms with E-state index in [2.05, 4.69) is 15.5 Å². The van der Waals surface area contributed by atoms with Gasteiger partial charge in [-0.15, -0.1) is 0 Å². The molecular formula is C18H19N3O3. The average molecular weight is 325 g/mol. The minimum Gasteiger partial charge on any atom is -0.497 e. The molecule has 6 heteroatoms. The zero-order valence-electron chi connectivity index (χ0n) is 13.7. The Labute approximate surface area is 140 Å². The summed E-state index contributed by atoms with van der Waals surface area (Å²) >= 11 is 0. The van der Waals surface area contributed by atoms with Crippen LogP contribution in [0.2, 0.25) is 0 Å². The molecule has 2 aromatic carbocycles. The molecule has 0 atom stereocenters. The van der Waals surface area contributed by atoms with E-state index in [1.807, 2.05) is 55.5 Å². The number of hydrogen-bond donors (Lipinski definition) is 1. The molecule has 0 bridgehead atoms. The molecule has 0 saturated carbocycles. The van der Waals surface area contributed by atoms with Crippen molar-refractivity contribution in [3.8, 4) is 22.9 Å². The summed E-state index contributed by atoms with van der Waals surface area (Å²) in [5.41, 5.74) is 1.84. The summed E-state index contributed by atoms with van der Waals surface area (Å²) in [5, 5.41) is 7.25. The highest BCUT2D eigenvalue weighted by molar-refractivity contribution is 5.55. The molecule has 0 fully saturated rings. The Morgan fingerprint density at radius 1 is 1.00 bits per heavy atom. The van der Waals surface area contributed by atoms with Gasteiger partial charge in [0.1, 0.15) is 11.5 Å². The van der Waals surface area contributed by atoms with Crippen molar-refractivity contribution in [3.05, 3.63) is 54.4 Å². The first-order chi connectivity index (χ1) is 11.8. The van der Waals surface area contributed by atoms with Crippen LogP contribution in [0.15, 0.2) is 53.1 Å². The van der Waals surface area contributed by atoms with Gasteiger partial charge in [-0.3, -0.25) is 0 Å². The molecule has 1 heterocycles. The van der Waals surface area contributed by atoms with Gasteiger partial charge in [0.25, 0.3) is 0 Å². The van der Waals surface area contributed by atoms with Gasteiger partial charge < -0.3 is 19.3 Å². The Hall–Kier alpha value is -3.02. The molecule has 0 amide bonds. The van der Waals surface area contributed by atoms with Crippen molar-refractivity contribution in [1.29, 1.82) is 0 Å². The summed E-state index contributed by atoms with van der Waals surface area (Å²) in [4.78, 5) is 4.39. The Morgan fingerprint density at radius 3 is 2.38 bits per heavy atom. The lowest BCUT2D eigenvalue weighted by Crippen LogP contribution is -2.00. The van der Waals surface area contributed by atoms with Crippen LogP contribution >= 0.6 is 0 Å². The van der Waals surface area contributed by atoms with Crippen molar-refractivity contribution in [3.63, 3.8) is 0 Å². The predicted octanol–water partition coefficient (Wildman–Crippen LogP) is 3.76. The van der Waals surface area contributed by atoms with Crippen molar-refractivity contribution < 1.29 is 14.0 Å². The van der Waals surface area contributed by atoms with Crippen molar-refractivity contribution in [2.24, 2.45) is 0 Å². The number of aromatic nitrogens is 2. The Bertz CT molecular complexity index is 767. The van der Waals surface area contributed by atoms with Crippen LogP contribution in [-0.4, -0.2) is 23.9 Å². The average Bonchev–Trinajstić information content (AvgIpc) is 3.10. The minimum absolute atomic E-state index is 0.455. The van der Waals surface area contributed by atoms with E-state index in [1.54, 1.807) is 7.11 Å². The van der Waals surface area contributed by atoms with Gasteiger partial charge in [-0.25, -0.2) is 0 Å². The fourth-order valence-corrected chi connectivity index (χ4v) is 2.20. The van der Waals surface area contributed by atoms with Crippen LogP contribution in [0.25, 0.3) is 11.4 Å². The molecule has 0 aliphatic carbocycles. The van der Waals surface area contributed by atoms with Crippen LogP contribution in [0.3, 0.4) is 0 Å². The number of anilines is 1. The fourth-order valence-electron chi connectivity index (χ4n) is 2.20. The third-order valence-corrected chi connectivity index (χ3v) is 3.43. The molecule has 3 aromatic rings. The molecule has 3 rings (SSSR count). The van der Waals surface area contributed by atoms with Crippen molar-refractivity contribution in [2.45, 2.75) is 13.5 Å². The van der Waals surface area contributed by atoms with E-state index in [1.165, 1.54) is 0 Å². The zero-order chi connectivity index (χ0) is 16.8. The van der Waals surface area contributed by atoms with E-state index in [-0.39, 0.29) is 0 Å². The lowest BCUT2D eigenvalue weighted by Gasteiger charge is -2.05. The number of benzene rings is 2. The number of rotatable bonds is 7. The monoisotopic (exact) mass is 325 g/mol. The molecule has 1 N–H and O–H groups in total. The van der Waals surface area contributed by atoms with Crippen LogP contribution < -0.4 is 14.8 Å². The second kappa shape index (κ2) is 7.50. The number of hydrogen-bond acceptors (Lipinski definition) is 6. The largest absolute Gasteiger partial charge is 0.497 e. The maximum absolute atomic E-state index is 5.41. The summed E-state index contributed by atoms with van der Waals surface area (Å²) in [7, 11) is 1.63. The van der Waals surface area contributed by atoms with Gasteiger partial charge in [0.15, 0.2) is 0 Å². The molecule has 24 heavy (non-hydrogen) atoms. The maximum atomic E-state index is 5.41. The standard InChI is InChI=1S/C18H19N3O3/c1-3-23-16-10-6-14(7-11-16)19-12-17-20-18(21-24-17)13-4-8-15(22-2)9-5-13/h4-11,19H,3,12H2,1-2H3. The molecule has 0 aliphatic heterocycles. The van der Waals surface area contributed by atoms with Gasteiger partial charge in [-0.05, 0) is 55.5 Å². The van der Waals surface area contributed by atoms with Gasteiger partial charge in [0.05, 0.1) is 20.3 Å². The maximum Gasteiger partial charge on any atom is 0.246 e. The van der Waals surface area contributed by atoms with E-state index < -0.39 is 0 Å². The lowest BCUT2D eigenvalue weighted by molar-refractivity contribution is 0.340. The van der Waals surface area contributed by atoms with Gasteiger partial charge in [0.2, 0.25) is 11.7 Å². The van der Waals surface area contributed by atoms with E-state index >= 15 is 0 Å². The quantitative estimate of drug-likeness (QED) is 0.713. The topological polar surface area (TPSA) is 69.4 Å². The van der Waals surface area contributed by atoms with Crippen LogP contribution in [0, 0.1) is 0 Å². The second-order valence-corrected chi connectivity index (χ2v) is 5.05. The first kappa shape index (κ1) is 15.9. The second-order valence-electron chi connectivity index (χ2n) is 5.05. The van der Waals surface area contributed by atoms with E-state index in [9.17, 15) is 0 Å². The number of ether oxygens (including phenoxy) is 2. The molecule has 124 valence electrons. The minimum atomic E-state index is 0.455.